The Morgan fingerprint density at radius 3 is 2.17 bits per heavy atom. The second kappa shape index (κ2) is 14.7. The van der Waals surface area contributed by atoms with Crippen molar-refractivity contribution in [1.82, 2.24) is 30.3 Å². The molecule has 15 heteroatoms. The fraction of sp³-hybridized carbons (Fsp3) is 0.212. The van der Waals surface area contributed by atoms with Gasteiger partial charge in [0, 0.05) is 18.6 Å². The second-order valence-corrected chi connectivity index (χ2v) is 12.9. The topological polar surface area (TPSA) is 179 Å². The molecule has 3 heterocycles. The Hall–Kier alpha value is -5.83. The first kappa shape index (κ1) is 33.5. The standard InChI is InChI=1S/C33H34N8O6S/c1-33(2,3)22-13-15-23(16-14-22)48(43,44)41-29-28(47-25-11-6-5-10-24(25)45-4)32(38-31(37-29)30-35-19-9-20-36-30)46-21-17-27(42)40-39-26-12-7-8-18-34-26/h5-16,18-20H,17,21H2,1-4H3,(H,34,39)(H,40,42)(H,37,38,41). The van der Waals surface area contributed by atoms with E-state index in [-0.39, 0.29) is 58.2 Å². The van der Waals surface area contributed by atoms with Gasteiger partial charge in [-0.15, -0.1) is 0 Å². The number of hydrazine groups is 1. The van der Waals surface area contributed by atoms with Crippen molar-refractivity contribution < 1.29 is 27.4 Å². The molecule has 5 rings (SSSR count). The van der Waals surface area contributed by atoms with Crippen molar-refractivity contribution in [2.45, 2.75) is 37.5 Å². The molecular formula is C33H34N8O6S. The lowest BCUT2D eigenvalue weighted by Gasteiger charge is -2.20. The van der Waals surface area contributed by atoms with Gasteiger partial charge in [0.15, 0.2) is 23.1 Å². The van der Waals surface area contributed by atoms with Gasteiger partial charge in [0.1, 0.15) is 5.82 Å². The molecule has 14 nitrogen and oxygen atoms in total. The van der Waals surface area contributed by atoms with Gasteiger partial charge in [0.25, 0.3) is 15.9 Å². The van der Waals surface area contributed by atoms with Gasteiger partial charge in [-0.3, -0.25) is 20.4 Å². The zero-order chi connectivity index (χ0) is 34.1. The molecule has 3 N–H and O–H groups in total. The monoisotopic (exact) mass is 670 g/mol. The molecule has 0 aliphatic carbocycles. The Labute approximate surface area is 278 Å². The maximum absolute atomic E-state index is 13.8. The first-order chi connectivity index (χ1) is 23.0. The smallest absolute Gasteiger partial charge is 0.263 e. The molecule has 0 radical (unpaired) electrons. The number of sulfonamides is 1. The van der Waals surface area contributed by atoms with Crippen molar-refractivity contribution in [3.63, 3.8) is 0 Å². The fourth-order valence-corrected chi connectivity index (χ4v) is 5.22. The molecule has 3 aromatic heterocycles. The number of anilines is 2. The molecule has 48 heavy (non-hydrogen) atoms. The number of aromatic nitrogens is 5. The summed E-state index contributed by atoms with van der Waals surface area (Å²) in [7, 11) is -2.75. The van der Waals surface area contributed by atoms with E-state index in [0.717, 1.165) is 5.56 Å². The SMILES string of the molecule is COc1ccccc1Oc1c(NS(=O)(=O)c2ccc(C(C)(C)C)cc2)nc(-c2ncccn2)nc1OCCC(=O)NNc1ccccn1. The van der Waals surface area contributed by atoms with E-state index in [1.54, 1.807) is 66.9 Å². The molecule has 0 unspecified atom stereocenters. The van der Waals surface area contributed by atoms with E-state index in [4.69, 9.17) is 14.2 Å². The molecule has 0 saturated carbocycles. The van der Waals surface area contributed by atoms with Gasteiger partial charge in [-0.25, -0.2) is 28.4 Å². The Kier molecular flexibility index (Phi) is 10.3. The van der Waals surface area contributed by atoms with Crippen LogP contribution in [0, 0.1) is 0 Å². The number of rotatable bonds is 13. The third-order valence-corrected chi connectivity index (χ3v) is 8.06. The van der Waals surface area contributed by atoms with E-state index in [9.17, 15) is 13.2 Å². The average Bonchev–Trinajstić information content (AvgIpc) is 3.09. The number of methoxy groups -OCH3 is 1. The Morgan fingerprint density at radius 1 is 0.812 bits per heavy atom. The fourth-order valence-electron chi connectivity index (χ4n) is 4.21. The molecule has 0 bridgehead atoms. The van der Waals surface area contributed by atoms with Crippen LogP contribution in [0.4, 0.5) is 11.6 Å². The number of benzene rings is 2. The Bertz CT molecular complexity index is 1960. The minimum atomic E-state index is -4.22. The molecule has 1 amide bonds. The summed E-state index contributed by atoms with van der Waals surface area (Å²) in [5.41, 5.74) is 6.04. The molecule has 248 valence electrons. The number of para-hydroxylation sites is 2. The van der Waals surface area contributed by atoms with Crippen LogP contribution >= 0.6 is 0 Å². The highest BCUT2D eigenvalue weighted by Gasteiger charge is 2.26. The summed E-state index contributed by atoms with van der Waals surface area (Å²) in [6, 6.07) is 20.1. The van der Waals surface area contributed by atoms with Crippen LogP contribution in [0.15, 0.2) is 96.3 Å². The second-order valence-electron chi connectivity index (χ2n) is 11.2. The van der Waals surface area contributed by atoms with Crippen LogP contribution in [0.2, 0.25) is 0 Å². The molecule has 2 aromatic carbocycles. The number of carbonyl (C=O) groups excluding carboxylic acids is 1. The molecule has 0 aliphatic rings. The molecule has 5 aromatic rings. The van der Waals surface area contributed by atoms with Crippen molar-refractivity contribution in [2.75, 3.05) is 23.9 Å². The summed E-state index contributed by atoms with van der Waals surface area (Å²) in [5, 5.41) is 0. The maximum atomic E-state index is 13.8. The van der Waals surface area contributed by atoms with Crippen LogP contribution in [-0.4, -0.2) is 53.0 Å². The van der Waals surface area contributed by atoms with E-state index >= 15 is 0 Å². The van der Waals surface area contributed by atoms with Crippen molar-refractivity contribution in [1.29, 1.82) is 0 Å². The molecule has 0 spiro atoms. The quantitative estimate of drug-likeness (QED) is 0.141. The third-order valence-electron chi connectivity index (χ3n) is 6.71. The van der Waals surface area contributed by atoms with Crippen LogP contribution in [-0.2, 0) is 20.2 Å². The summed E-state index contributed by atoms with van der Waals surface area (Å²) >= 11 is 0. The number of hydrogen-bond acceptors (Lipinski definition) is 12. The van der Waals surface area contributed by atoms with Gasteiger partial charge in [-0.2, -0.15) is 4.98 Å². The molecule has 0 saturated heterocycles. The number of pyridine rings is 1. The lowest BCUT2D eigenvalue weighted by Crippen LogP contribution is -2.30. The van der Waals surface area contributed by atoms with E-state index < -0.39 is 15.9 Å². The summed E-state index contributed by atoms with van der Waals surface area (Å²) in [6.45, 7) is 5.93. The van der Waals surface area contributed by atoms with Crippen LogP contribution in [0.25, 0.3) is 11.6 Å². The highest BCUT2D eigenvalue weighted by Crippen LogP contribution is 2.41. The van der Waals surface area contributed by atoms with E-state index in [1.165, 1.54) is 31.6 Å². The van der Waals surface area contributed by atoms with Crippen LogP contribution in [0.3, 0.4) is 0 Å². The van der Waals surface area contributed by atoms with Crippen LogP contribution in [0.5, 0.6) is 23.1 Å². The Balaban J connectivity index is 1.51. The van der Waals surface area contributed by atoms with Gasteiger partial charge < -0.3 is 14.2 Å². The van der Waals surface area contributed by atoms with E-state index in [1.807, 2.05) is 20.8 Å². The number of ether oxygens (including phenoxy) is 3. The lowest BCUT2D eigenvalue weighted by molar-refractivity contribution is -0.121. The van der Waals surface area contributed by atoms with Crippen LogP contribution in [0.1, 0.15) is 32.8 Å². The predicted octanol–water partition coefficient (Wildman–Crippen LogP) is 5.14. The average molecular weight is 671 g/mol. The van der Waals surface area contributed by atoms with Crippen molar-refractivity contribution in [2.24, 2.45) is 0 Å². The summed E-state index contributed by atoms with van der Waals surface area (Å²) < 4.78 is 47.6. The molecule has 0 fully saturated rings. The van der Waals surface area contributed by atoms with Gasteiger partial charge in [-0.05, 0) is 53.4 Å². The number of hydrogen-bond donors (Lipinski definition) is 3. The van der Waals surface area contributed by atoms with Gasteiger partial charge in [0.05, 0.1) is 25.0 Å². The summed E-state index contributed by atoms with van der Waals surface area (Å²) in [4.78, 5) is 34.0. The highest BCUT2D eigenvalue weighted by molar-refractivity contribution is 7.92. The predicted molar refractivity (Wildman–Crippen MR) is 178 cm³/mol. The van der Waals surface area contributed by atoms with Gasteiger partial charge in [0.2, 0.25) is 17.5 Å². The zero-order valence-electron chi connectivity index (χ0n) is 26.7. The Morgan fingerprint density at radius 2 is 1.50 bits per heavy atom. The van der Waals surface area contributed by atoms with E-state index in [2.05, 4.69) is 40.5 Å². The first-order valence-corrected chi connectivity index (χ1v) is 16.2. The lowest BCUT2D eigenvalue weighted by atomic mass is 9.87. The first-order valence-electron chi connectivity index (χ1n) is 14.8. The summed E-state index contributed by atoms with van der Waals surface area (Å²) in [6.07, 6.45) is 4.45. The molecular weight excluding hydrogens is 636 g/mol. The molecule has 0 atom stereocenters. The normalized spacial score (nSPS) is 11.3. The number of nitrogens with zero attached hydrogens (tertiary/aromatic N) is 5. The zero-order valence-corrected chi connectivity index (χ0v) is 27.5. The minimum Gasteiger partial charge on any atom is -0.493 e. The van der Waals surface area contributed by atoms with Crippen LogP contribution < -0.4 is 29.8 Å². The van der Waals surface area contributed by atoms with Gasteiger partial charge in [-0.1, -0.05) is 51.1 Å². The third kappa shape index (κ3) is 8.50. The summed E-state index contributed by atoms with van der Waals surface area (Å²) in [5.74, 6) is 0.0503. The largest absolute Gasteiger partial charge is 0.493 e. The maximum Gasteiger partial charge on any atom is 0.263 e. The number of carbonyl (C=O) groups is 1. The van der Waals surface area contributed by atoms with E-state index in [0.29, 0.717) is 11.6 Å². The minimum absolute atomic E-state index is 0.00518. The van der Waals surface area contributed by atoms with Crippen molar-refractivity contribution >= 4 is 27.6 Å². The molecule has 0 aliphatic heterocycles. The highest BCUT2D eigenvalue weighted by atomic mass is 32.2. The number of amides is 1. The van der Waals surface area contributed by atoms with Crippen molar-refractivity contribution in [3.05, 3.63) is 97.0 Å². The van der Waals surface area contributed by atoms with Gasteiger partial charge >= 0.3 is 0 Å². The van der Waals surface area contributed by atoms with Crippen molar-refractivity contribution in [3.8, 4) is 34.8 Å². The number of nitrogens with one attached hydrogen (secondary N) is 3.